The van der Waals surface area contributed by atoms with Crippen molar-refractivity contribution in [3.05, 3.63) is 29.3 Å². The minimum atomic E-state index is -0.488. The average Bonchev–Trinajstić information content (AvgIpc) is 2.32. The molecule has 0 heterocycles. The summed E-state index contributed by atoms with van der Waals surface area (Å²) in [5, 5.41) is 9.27. The highest BCUT2D eigenvalue weighted by molar-refractivity contribution is 5.49. The molecular formula is C13H15NO3. The molecule has 0 aromatic heterocycles. The van der Waals surface area contributed by atoms with Crippen molar-refractivity contribution in [1.29, 1.82) is 0 Å². The van der Waals surface area contributed by atoms with E-state index in [0.717, 1.165) is 30.4 Å². The molecule has 1 aromatic carbocycles. The summed E-state index contributed by atoms with van der Waals surface area (Å²) in [5.41, 5.74) is 1.11. The van der Waals surface area contributed by atoms with Crippen LogP contribution in [0, 0.1) is 0 Å². The molecule has 0 bridgehead atoms. The van der Waals surface area contributed by atoms with E-state index < -0.39 is 5.54 Å². The maximum absolute atomic E-state index is 10.6. The normalized spacial score (nSPS) is 16.8. The molecule has 2 rings (SSSR count). The number of nitrogens with zero attached hydrogens (tertiary/aromatic N) is 1. The highest BCUT2D eigenvalue weighted by Crippen LogP contribution is 2.48. The number of benzene rings is 1. The van der Waals surface area contributed by atoms with Gasteiger partial charge in [-0.1, -0.05) is 18.2 Å². The van der Waals surface area contributed by atoms with Crippen LogP contribution in [0.3, 0.4) is 0 Å². The molecule has 0 amide bonds. The van der Waals surface area contributed by atoms with Gasteiger partial charge in [-0.2, -0.15) is 4.99 Å². The summed E-state index contributed by atoms with van der Waals surface area (Å²) in [6, 6.07) is 5.56. The summed E-state index contributed by atoms with van der Waals surface area (Å²) < 4.78 is 5.35. The molecule has 17 heavy (non-hydrogen) atoms. The van der Waals surface area contributed by atoms with Crippen molar-refractivity contribution in [3.8, 4) is 5.75 Å². The molecule has 1 fully saturated rings. The fraction of sp³-hybridized carbons (Fsp3) is 0.462. The molecule has 0 spiro atoms. The number of ether oxygens (including phenoxy) is 1. The van der Waals surface area contributed by atoms with E-state index in [2.05, 4.69) is 4.99 Å². The van der Waals surface area contributed by atoms with Crippen molar-refractivity contribution < 1.29 is 14.6 Å². The quantitative estimate of drug-likeness (QED) is 0.638. The minimum absolute atomic E-state index is 0.0854. The second-order valence-corrected chi connectivity index (χ2v) is 4.24. The number of methoxy groups -OCH3 is 1. The molecule has 0 unspecified atom stereocenters. The van der Waals surface area contributed by atoms with Crippen LogP contribution in [0.1, 0.15) is 30.4 Å². The molecule has 1 aromatic rings. The summed E-state index contributed by atoms with van der Waals surface area (Å²) in [7, 11) is 1.56. The first-order chi connectivity index (χ1) is 8.27. The van der Waals surface area contributed by atoms with Gasteiger partial charge in [0.1, 0.15) is 11.3 Å². The van der Waals surface area contributed by atoms with Gasteiger partial charge in [0.15, 0.2) is 0 Å². The number of hydrogen-bond acceptors (Lipinski definition) is 4. The van der Waals surface area contributed by atoms with E-state index in [1.165, 1.54) is 0 Å². The molecule has 4 heteroatoms. The second-order valence-electron chi connectivity index (χ2n) is 4.24. The molecule has 0 radical (unpaired) electrons. The molecule has 0 atom stereocenters. The highest BCUT2D eigenvalue weighted by atomic mass is 16.5. The van der Waals surface area contributed by atoms with Gasteiger partial charge in [0, 0.05) is 11.1 Å². The van der Waals surface area contributed by atoms with Gasteiger partial charge in [0.2, 0.25) is 6.08 Å². The minimum Gasteiger partial charge on any atom is -0.496 e. The van der Waals surface area contributed by atoms with E-state index >= 15 is 0 Å². The van der Waals surface area contributed by atoms with Crippen molar-refractivity contribution in [2.45, 2.75) is 31.4 Å². The summed E-state index contributed by atoms with van der Waals surface area (Å²) in [5.74, 6) is 0.633. The van der Waals surface area contributed by atoms with Crippen LogP contribution in [0.4, 0.5) is 0 Å². The third-order valence-electron chi connectivity index (χ3n) is 3.41. The van der Waals surface area contributed by atoms with E-state index in [-0.39, 0.29) is 6.61 Å². The first kappa shape index (κ1) is 11.8. The Morgan fingerprint density at radius 3 is 2.76 bits per heavy atom. The van der Waals surface area contributed by atoms with Gasteiger partial charge in [0.05, 0.1) is 13.7 Å². The van der Waals surface area contributed by atoms with E-state index in [0.29, 0.717) is 5.75 Å². The Balaban J connectivity index is 2.54. The lowest BCUT2D eigenvalue weighted by atomic mass is 9.71. The number of aliphatic hydroxyl groups excluding tert-OH is 1. The Morgan fingerprint density at radius 1 is 1.53 bits per heavy atom. The van der Waals surface area contributed by atoms with Gasteiger partial charge in [0.25, 0.3) is 0 Å². The first-order valence-corrected chi connectivity index (χ1v) is 5.63. The molecular weight excluding hydrogens is 218 g/mol. The topological polar surface area (TPSA) is 58.9 Å². The lowest BCUT2D eigenvalue weighted by Crippen LogP contribution is -2.32. The van der Waals surface area contributed by atoms with Crippen molar-refractivity contribution in [3.63, 3.8) is 0 Å². The SMILES string of the molecule is COc1c(CO)cccc1C1(N=C=O)CCC1. The molecule has 1 saturated carbocycles. The predicted octanol–water partition coefficient (Wildman–Crippen LogP) is 1.90. The van der Waals surface area contributed by atoms with Crippen LogP contribution >= 0.6 is 0 Å². The largest absolute Gasteiger partial charge is 0.496 e. The van der Waals surface area contributed by atoms with Crippen molar-refractivity contribution >= 4 is 6.08 Å². The maximum Gasteiger partial charge on any atom is 0.235 e. The fourth-order valence-electron chi connectivity index (χ4n) is 2.36. The van der Waals surface area contributed by atoms with Gasteiger partial charge in [-0.3, -0.25) is 0 Å². The van der Waals surface area contributed by atoms with Crippen LogP contribution in [-0.4, -0.2) is 18.3 Å². The van der Waals surface area contributed by atoms with Gasteiger partial charge in [-0.05, 0) is 19.3 Å². The lowest BCUT2D eigenvalue weighted by molar-refractivity contribution is 0.240. The van der Waals surface area contributed by atoms with Gasteiger partial charge >= 0.3 is 0 Å². The summed E-state index contributed by atoms with van der Waals surface area (Å²) >= 11 is 0. The first-order valence-electron chi connectivity index (χ1n) is 5.63. The van der Waals surface area contributed by atoms with Crippen molar-refractivity contribution in [1.82, 2.24) is 0 Å². The van der Waals surface area contributed by atoms with E-state index in [1.807, 2.05) is 12.1 Å². The number of hydrogen-bond donors (Lipinski definition) is 1. The molecule has 0 aliphatic heterocycles. The van der Waals surface area contributed by atoms with Gasteiger partial charge in [-0.15, -0.1) is 0 Å². The number of aliphatic hydroxyl groups is 1. The Hall–Kier alpha value is -1.64. The number of aliphatic imine (C=N–C) groups is 1. The number of carbonyl (C=O) groups excluding carboxylic acids is 1. The summed E-state index contributed by atoms with van der Waals surface area (Å²) in [6.07, 6.45) is 4.35. The Labute approximate surface area is 99.9 Å². The zero-order valence-electron chi connectivity index (χ0n) is 9.77. The van der Waals surface area contributed by atoms with Gasteiger partial charge < -0.3 is 9.84 Å². The predicted molar refractivity (Wildman–Crippen MR) is 62.6 cm³/mol. The standard InChI is InChI=1S/C13H15NO3/c1-17-12-10(8-15)4-2-5-11(12)13(14-9-16)6-3-7-13/h2,4-5,15H,3,6-8H2,1H3. The molecule has 1 aliphatic carbocycles. The fourth-order valence-corrected chi connectivity index (χ4v) is 2.36. The van der Waals surface area contributed by atoms with Crippen molar-refractivity contribution in [2.75, 3.05) is 7.11 Å². The molecule has 1 aliphatic rings. The molecule has 1 N–H and O–H groups in total. The molecule has 4 nitrogen and oxygen atoms in total. The smallest absolute Gasteiger partial charge is 0.235 e. The van der Waals surface area contributed by atoms with Crippen LogP contribution in [-0.2, 0) is 16.9 Å². The summed E-state index contributed by atoms with van der Waals surface area (Å²) in [6.45, 7) is -0.0854. The summed E-state index contributed by atoms with van der Waals surface area (Å²) in [4.78, 5) is 14.5. The Kier molecular flexibility index (Phi) is 3.27. The maximum atomic E-state index is 10.6. The van der Waals surface area contributed by atoms with Crippen LogP contribution in [0.2, 0.25) is 0 Å². The number of isocyanates is 1. The van der Waals surface area contributed by atoms with Crippen LogP contribution in [0.5, 0.6) is 5.75 Å². The number of rotatable bonds is 4. The second kappa shape index (κ2) is 4.70. The monoisotopic (exact) mass is 233 g/mol. The lowest BCUT2D eigenvalue weighted by Gasteiger charge is -2.38. The zero-order chi connectivity index (χ0) is 12.3. The van der Waals surface area contributed by atoms with E-state index in [4.69, 9.17) is 4.74 Å². The van der Waals surface area contributed by atoms with E-state index in [1.54, 1.807) is 19.3 Å². The third-order valence-corrected chi connectivity index (χ3v) is 3.41. The Bertz CT molecular complexity index is 460. The van der Waals surface area contributed by atoms with Crippen LogP contribution < -0.4 is 4.74 Å². The third kappa shape index (κ3) is 1.86. The zero-order valence-corrected chi connectivity index (χ0v) is 9.77. The van der Waals surface area contributed by atoms with Crippen LogP contribution in [0.15, 0.2) is 23.2 Å². The number of para-hydroxylation sites is 1. The van der Waals surface area contributed by atoms with Gasteiger partial charge in [-0.25, -0.2) is 4.79 Å². The van der Waals surface area contributed by atoms with Crippen molar-refractivity contribution in [2.24, 2.45) is 4.99 Å². The van der Waals surface area contributed by atoms with E-state index in [9.17, 15) is 9.90 Å². The highest BCUT2D eigenvalue weighted by Gasteiger charge is 2.41. The average molecular weight is 233 g/mol. The van der Waals surface area contributed by atoms with Crippen LogP contribution in [0.25, 0.3) is 0 Å². The molecule has 0 saturated heterocycles. The Morgan fingerprint density at radius 2 is 2.29 bits per heavy atom. The molecule has 90 valence electrons.